The number of hydrogen-bond donors (Lipinski definition) is 3. The van der Waals surface area contributed by atoms with Gasteiger partial charge in [-0.1, -0.05) is 0 Å². The molecule has 1 rings (SSSR count). The largest absolute Gasteiger partial charge is 0.382 e. The van der Waals surface area contributed by atoms with Crippen LogP contribution in [0.3, 0.4) is 0 Å². The van der Waals surface area contributed by atoms with Crippen LogP contribution in [-0.2, 0) is 11.2 Å². The van der Waals surface area contributed by atoms with Gasteiger partial charge in [0.25, 0.3) is 0 Å². The first-order valence-corrected chi connectivity index (χ1v) is 7.38. The number of aryl methyl sites for hydroxylation is 1. The van der Waals surface area contributed by atoms with Crippen LogP contribution in [0.4, 0.5) is 0 Å². The molecule has 0 aromatic carbocycles. The molecule has 19 heavy (non-hydrogen) atoms. The predicted molar refractivity (Wildman–Crippen MR) is 79.3 cm³/mol. The Morgan fingerprint density at radius 2 is 2.42 bits per heavy atom. The van der Waals surface area contributed by atoms with E-state index in [9.17, 15) is 0 Å². The third-order valence-corrected chi connectivity index (χ3v) is 3.38. The maximum Gasteiger partial charge on any atom is 0.205 e. The highest BCUT2D eigenvalue weighted by Crippen LogP contribution is 2.08. The molecule has 4 N–H and O–H groups in total. The molecule has 1 aromatic rings. The number of hydrogen-bond acceptors (Lipinski definition) is 5. The first-order valence-electron chi connectivity index (χ1n) is 6.50. The van der Waals surface area contributed by atoms with Crippen LogP contribution in [0.25, 0.3) is 0 Å². The maximum atomic E-state index is 5.41. The molecule has 0 saturated carbocycles. The summed E-state index contributed by atoms with van der Waals surface area (Å²) in [5, 5.41) is 6.34. The van der Waals surface area contributed by atoms with E-state index in [1.807, 2.05) is 13.8 Å². The minimum absolute atomic E-state index is 0.616. The number of aliphatic imine (C=N–C) groups is 1. The van der Waals surface area contributed by atoms with Crippen LogP contribution in [0.1, 0.15) is 24.0 Å². The Labute approximate surface area is 118 Å². The van der Waals surface area contributed by atoms with E-state index in [1.165, 1.54) is 0 Å². The molecule has 0 atom stereocenters. The lowest BCUT2D eigenvalue weighted by atomic mass is 10.4. The van der Waals surface area contributed by atoms with Crippen molar-refractivity contribution in [1.82, 2.24) is 15.7 Å². The van der Waals surface area contributed by atoms with Gasteiger partial charge in [0.05, 0.1) is 5.01 Å². The molecule has 1 aromatic heterocycles. The van der Waals surface area contributed by atoms with Gasteiger partial charge in [-0.3, -0.25) is 10.4 Å². The van der Waals surface area contributed by atoms with E-state index in [4.69, 9.17) is 10.6 Å². The molecule has 0 aliphatic heterocycles. The lowest BCUT2D eigenvalue weighted by Gasteiger charge is -2.08. The van der Waals surface area contributed by atoms with E-state index in [0.29, 0.717) is 12.5 Å². The van der Waals surface area contributed by atoms with E-state index < -0.39 is 0 Å². The summed E-state index contributed by atoms with van der Waals surface area (Å²) in [5.74, 6) is 6.03. The second-order valence-electron chi connectivity index (χ2n) is 3.98. The molecule has 0 aliphatic rings. The Balaban J connectivity index is 2.18. The van der Waals surface area contributed by atoms with Gasteiger partial charge in [-0.2, -0.15) is 0 Å². The fourth-order valence-corrected chi connectivity index (χ4v) is 2.24. The standard InChI is InChI=1S/C12H23N5OS/c1-3-18-8-4-6-14-12(17-13)15-7-5-11-16-10(2)9-19-11/h9H,3-8,13H2,1-2H3,(H2,14,15,17). The minimum atomic E-state index is 0.616. The normalized spacial score (nSPS) is 11.6. The first-order chi connectivity index (χ1) is 9.26. The quantitative estimate of drug-likeness (QED) is 0.217. The summed E-state index contributed by atoms with van der Waals surface area (Å²) < 4.78 is 5.24. The molecule has 0 saturated heterocycles. The van der Waals surface area contributed by atoms with Crippen molar-refractivity contribution in [2.24, 2.45) is 10.8 Å². The summed E-state index contributed by atoms with van der Waals surface area (Å²) >= 11 is 1.68. The molecule has 0 fully saturated rings. The second kappa shape index (κ2) is 9.71. The number of guanidine groups is 1. The first kappa shape index (κ1) is 15.9. The molecule has 6 nitrogen and oxygen atoms in total. The number of nitrogens with zero attached hydrogens (tertiary/aromatic N) is 2. The lowest BCUT2D eigenvalue weighted by Crippen LogP contribution is -2.42. The highest BCUT2D eigenvalue weighted by atomic mass is 32.1. The van der Waals surface area contributed by atoms with Crippen LogP contribution in [0, 0.1) is 6.92 Å². The predicted octanol–water partition coefficient (Wildman–Crippen LogP) is 0.830. The van der Waals surface area contributed by atoms with Crippen LogP contribution in [0.5, 0.6) is 0 Å². The molecule has 0 bridgehead atoms. The van der Waals surface area contributed by atoms with Crippen molar-refractivity contribution in [3.05, 3.63) is 16.1 Å². The minimum Gasteiger partial charge on any atom is -0.382 e. The van der Waals surface area contributed by atoms with Crippen molar-refractivity contribution in [1.29, 1.82) is 0 Å². The third kappa shape index (κ3) is 7.09. The third-order valence-electron chi connectivity index (χ3n) is 2.36. The average Bonchev–Trinajstić information content (AvgIpc) is 2.82. The molecule has 1 heterocycles. The molecule has 0 amide bonds. The summed E-state index contributed by atoms with van der Waals surface area (Å²) in [4.78, 5) is 8.72. The maximum absolute atomic E-state index is 5.41. The number of nitrogens with two attached hydrogens (primary N) is 1. The van der Waals surface area contributed by atoms with Crippen molar-refractivity contribution >= 4 is 17.3 Å². The smallest absolute Gasteiger partial charge is 0.205 e. The number of aromatic nitrogens is 1. The number of nitrogens with one attached hydrogen (secondary N) is 2. The Morgan fingerprint density at radius 3 is 3.05 bits per heavy atom. The van der Waals surface area contributed by atoms with E-state index in [2.05, 4.69) is 26.1 Å². The van der Waals surface area contributed by atoms with Crippen LogP contribution < -0.4 is 16.6 Å². The summed E-state index contributed by atoms with van der Waals surface area (Å²) in [7, 11) is 0. The van der Waals surface area contributed by atoms with Gasteiger partial charge in [0.1, 0.15) is 0 Å². The monoisotopic (exact) mass is 285 g/mol. The Kier molecular flexibility index (Phi) is 8.11. The van der Waals surface area contributed by atoms with Gasteiger partial charge in [0.2, 0.25) is 5.96 Å². The Morgan fingerprint density at radius 1 is 1.58 bits per heavy atom. The van der Waals surface area contributed by atoms with Crippen LogP contribution in [0.2, 0.25) is 0 Å². The Hall–Kier alpha value is -1.18. The van der Waals surface area contributed by atoms with Gasteiger partial charge in [0, 0.05) is 43.8 Å². The van der Waals surface area contributed by atoms with Crippen LogP contribution in [0.15, 0.2) is 10.4 Å². The van der Waals surface area contributed by atoms with Gasteiger partial charge in [-0.05, 0) is 20.3 Å². The van der Waals surface area contributed by atoms with Crippen molar-refractivity contribution in [3.63, 3.8) is 0 Å². The molecule has 0 unspecified atom stereocenters. The lowest BCUT2D eigenvalue weighted by molar-refractivity contribution is 0.146. The summed E-state index contributed by atoms with van der Waals surface area (Å²) in [5.41, 5.74) is 3.64. The molecular weight excluding hydrogens is 262 g/mol. The highest BCUT2D eigenvalue weighted by Gasteiger charge is 2.00. The van der Waals surface area contributed by atoms with E-state index in [0.717, 1.165) is 43.3 Å². The zero-order chi connectivity index (χ0) is 13.9. The molecular formula is C12H23N5OS. The van der Waals surface area contributed by atoms with Crippen molar-refractivity contribution in [2.75, 3.05) is 26.3 Å². The van der Waals surface area contributed by atoms with Crippen molar-refractivity contribution in [2.45, 2.75) is 26.7 Å². The van der Waals surface area contributed by atoms with Gasteiger partial charge in [-0.25, -0.2) is 10.8 Å². The molecule has 7 heteroatoms. The van der Waals surface area contributed by atoms with Gasteiger partial charge in [0.15, 0.2) is 0 Å². The topological polar surface area (TPSA) is 84.6 Å². The molecule has 0 radical (unpaired) electrons. The van der Waals surface area contributed by atoms with E-state index in [1.54, 1.807) is 11.3 Å². The van der Waals surface area contributed by atoms with Gasteiger partial charge >= 0.3 is 0 Å². The molecule has 108 valence electrons. The SMILES string of the molecule is CCOCCCN=C(NN)NCCc1nc(C)cs1. The van der Waals surface area contributed by atoms with E-state index in [-0.39, 0.29) is 0 Å². The number of rotatable bonds is 8. The van der Waals surface area contributed by atoms with Crippen molar-refractivity contribution in [3.8, 4) is 0 Å². The zero-order valence-electron chi connectivity index (χ0n) is 11.6. The summed E-state index contributed by atoms with van der Waals surface area (Å²) in [6.07, 6.45) is 1.77. The van der Waals surface area contributed by atoms with Gasteiger partial charge in [-0.15, -0.1) is 11.3 Å². The summed E-state index contributed by atoms with van der Waals surface area (Å²) in [6, 6.07) is 0. The zero-order valence-corrected chi connectivity index (χ0v) is 12.4. The van der Waals surface area contributed by atoms with Crippen molar-refractivity contribution < 1.29 is 4.74 Å². The number of hydrazine groups is 1. The average molecular weight is 285 g/mol. The highest BCUT2D eigenvalue weighted by molar-refractivity contribution is 7.09. The van der Waals surface area contributed by atoms with E-state index >= 15 is 0 Å². The summed E-state index contributed by atoms with van der Waals surface area (Å²) in [6.45, 7) is 6.93. The van der Waals surface area contributed by atoms with Gasteiger partial charge < -0.3 is 10.1 Å². The number of ether oxygens (including phenoxy) is 1. The van der Waals surface area contributed by atoms with Crippen LogP contribution in [-0.4, -0.2) is 37.2 Å². The fourth-order valence-electron chi connectivity index (χ4n) is 1.46. The molecule has 0 aliphatic carbocycles. The number of thiazole rings is 1. The fraction of sp³-hybridized carbons (Fsp3) is 0.667. The molecule has 0 spiro atoms. The second-order valence-corrected chi connectivity index (χ2v) is 4.93. The van der Waals surface area contributed by atoms with Crippen LogP contribution >= 0.6 is 11.3 Å². The Bertz CT molecular complexity index is 380.